The average Bonchev–Trinajstić information content (AvgIpc) is 3.49. The molecule has 33 heavy (non-hydrogen) atoms. The number of halogens is 1. The van der Waals surface area contributed by atoms with Crippen molar-refractivity contribution in [3.05, 3.63) is 96.7 Å². The molecule has 0 amide bonds. The van der Waals surface area contributed by atoms with Crippen molar-refractivity contribution < 1.29 is 13.9 Å². The van der Waals surface area contributed by atoms with Crippen molar-refractivity contribution in [1.29, 1.82) is 0 Å². The first kappa shape index (κ1) is 21.1. The first-order chi connectivity index (χ1) is 16.3. The fourth-order valence-corrected chi connectivity index (χ4v) is 3.71. The van der Waals surface area contributed by atoms with Gasteiger partial charge in [-0.1, -0.05) is 36.4 Å². The number of aromatic nitrogens is 4. The molecule has 5 aromatic rings. The number of nitrogens with one attached hydrogen (secondary N) is 1. The molecule has 166 valence electrons. The Balaban J connectivity index is 1.25. The number of aromatic amines is 1. The summed E-state index contributed by atoms with van der Waals surface area (Å²) in [5, 5.41) is 7.24. The SMILES string of the molecule is Fc1ccc(-c2[nH]ncc2-c2ccc3ncn(COCCOCc4ccccc4)c3c2)cc1. The second-order valence-corrected chi connectivity index (χ2v) is 7.66. The lowest BCUT2D eigenvalue weighted by Crippen LogP contribution is -2.07. The molecule has 0 saturated heterocycles. The summed E-state index contributed by atoms with van der Waals surface area (Å²) in [6.45, 7) is 1.96. The number of H-pyrrole nitrogens is 1. The predicted octanol–water partition coefficient (Wildman–Crippen LogP) is 5.42. The van der Waals surface area contributed by atoms with Gasteiger partial charge in [-0.25, -0.2) is 9.37 Å². The van der Waals surface area contributed by atoms with E-state index in [9.17, 15) is 4.39 Å². The molecule has 0 atom stereocenters. The van der Waals surface area contributed by atoms with Gasteiger partial charge in [0, 0.05) is 11.1 Å². The van der Waals surface area contributed by atoms with E-state index in [0.29, 0.717) is 26.6 Å². The average molecular weight is 442 g/mol. The van der Waals surface area contributed by atoms with Crippen molar-refractivity contribution in [2.75, 3.05) is 13.2 Å². The zero-order chi connectivity index (χ0) is 22.5. The summed E-state index contributed by atoms with van der Waals surface area (Å²) in [4.78, 5) is 4.47. The first-order valence-corrected chi connectivity index (χ1v) is 10.7. The Bertz CT molecular complexity index is 1330. The van der Waals surface area contributed by atoms with Crippen LogP contribution in [0.25, 0.3) is 33.4 Å². The number of imidazole rings is 1. The van der Waals surface area contributed by atoms with E-state index in [0.717, 1.165) is 39.0 Å². The van der Waals surface area contributed by atoms with Crippen LogP contribution < -0.4 is 0 Å². The number of fused-ring (bicyclic) bond motifs is 1. The minimum atomic E-state index is -0.268. The predicted molar refractivity (Wildman–Crippen MR) is 125 cm³/mol. The highest BCUT2D eigenvalue weighted by molar-refractivity contribution is 5.87. The first-order valence-electron chi connectivity index (χ1n) is 10.7. The largest absolute Gasteiger partial charge is 0.374 e. The molecule has 0 bridgehead atoms. The van der Waals surface area contributed by atoms with Crippen LogP contribution in [0.3, 0.4) is 0 Å². The van der Waals surface area contributed by atoms with Gasteiger partial charge < -0.3 is 14.0 Å². The molecular formula is C26H23FN4O2. The summed E-state index contributed by atoms with van der Waals surface area (Å²) in [6, 6.07) is 22.5. The molecule has 0 radical (unpaired) electrons. The van der Waals surface area contributed by atoms with Gasteiger partial charge in [0.25, 0.3) is 0 Å². The van der Waals surface area contributed by atoms with Gasteiger partial charge in [0.1, 0.15) is 12.5 Å². The maximum atomic E-state index is 13.3. The number of hydrogen-bond acceptors (Lipinski definition) is 4. The normalized spacial score (nSPS) is 11.3. The monoisotopic (exact) mass is 442 g/mol. The molecule has 0 saturated carbocycles. The zero-order valence-electron chi connectivity index (χ0n) is 17.9. The molecule has 0 aliphatic carbocycles. The quantitative estimate of drug-likeness (QED) is 0.310. The lowest BCUT2D eigenvalue weighted by molar-refractivity contribution is 0.0148. The van der Waals surface area contributed by atoms with E-state index in [1.165, 1.54) is 12.1 Å². The maximum Gasteiger partial charge on any atom is 0.124 e. The molecule has 0 unspecified atom stereocenters. The van der Waals surface area contributed by atoms with E-state index in [2.05, 4.69) is 21.2 Å². The second kappa shape index (κ2) is 9.77. The topological polar surface area (TPSA) is 65.0 Å². The van der Waals surface area contributed by atoms with E-state index in [1.54, 1.807) is 24.7 Å². The smallest absolute Gasteiger partial charge is 0.124 e. The fraction of sp³-hybridized carbons (Fsp3) is 0.154. The van der Waals surface area contributed by atoms with Crippen LogP contribution in [0.5, 0.6) is 0 Å². The van der Waals surface area contributed by atoms with Gasteiger partial charge in [0.15, 0.2) is 0 Å². The molecule has 2 aromatic heterocycles. The van der Waals surface area contributed by atoms with Gasteiger partial charge in [-0.3, -0.25) is 5.10 Å². The molecular weight excluding hydrogens is 419 g/mol. The highest BCUT2D eigenvalue weighted by atomic mass is 19.1. The van der Waals surface area contributed by atoms with Gasteiger partial charge in [0.05, 0.1) is 49.1 Å². The Labute approximate surface area is 190 Å². The zero-order valence-corrected chi connectivity index (χ0v) is 17.9. The molecule has 6 nitrogen and oxygen atoms in total. The highest BCUT2D eigenvalue weighted by Gasteiger charge is 2.12. The molecule has 0 aliphatic rings. The molecule has 7 heteroatoms. The Hall–Kier alpha value is -3.81. The van der Waals surface area contributed by atoms with Crippen molar-refractivity contribution in [2.45, 2.75) is 13.3 Å². The van der Waals surface area contributed by atoms with Crippen LogP contribution in [-0.4, -0.2) is 33.0 Å². The number of hydrogen-bond donors (Lipinski definition) is 1. The Morgan fingerprint density at radius 1 is 0.879 bits per heavy atom. The third kappa shape index (κ3) is 4.84. The summed E-state index contributed by atoms with van der Waals surface area (Å²) in [6.07, 6.45) is 3.55. The van der Waals surface area contributed by atoms with Crippen molar-refractivity contribution >= 4 is 11.0 Å². The Kier molecular flexibility index (Phi) is 6.23. The highest BCUT2D eigenvalue weighted by Crippen LogP contribution is 2.32. The lowest BCUT2D eigenvalue weighted by atomic mass is 10.0. The van der Waals surface area contributed by atoms with Crippen molar-refractivity contribution in [3.8, 4) is 22.4 Å². The molecule has 5 rings (SSSR count). The minimum absolute atomic E-state index is 0.268. The summed E-state index contributed by atoms with van der Waals surface area (Å²) >= 11 is 0. The number of ether oxygens (including phenoxy) is 2. The van der Waals surface area contributed by atoms with E-state index in [4.69, 9.17) is 9.47 Å². The number of nitrogens with zero attached hydrogens (tertiary/aromatic N) is 3. The summed E-state index contributed by atoms with van der Waals surface area (Å²) in [7, 11) is 0. The standard InChI is InChI=1S/C26H23FN4O2/c27-22-9-6-20(7-10-22)26-23(15-29-30-26)21-8-11-24-25(14-21)31(17-28-24)18-33-13-12-32-16-19-4-2-1-3-5-19/h1-11,14-15,17H,12-13,16,18H2,(H,29,30). The van der Waals surface area contributed by atoms with E-state index in [1.807, 2.05) is 47.0 Å². The molecule has 2 heterocycles. The maximum absolute atomic E-state index is 13.3. The van der Waals surface area contributed by atoms with Crippen molar-refractivity contribution in [3.63, 3.8) is 0 Å². The van der Waals surface area contributed by atoms with Gasteiger partial charge in [0.2, 0.25) is 0 Å². The van der Waals surface area contributed by atoms with Crippen molar-refractivity contribution in [1.82, 2.24) is 19.7 Å². The van der Waals surface area contributed by atoms with E-state index < -0.39 is 0 Å². The van der Waals surface area contributed by atoms with Gasteiger partial charge in [-0.15, -0.1) is 0 Å². The second-order valence-electron chi connectivity index (χ2n) is 7.66. The Morgan fingerprint density at radius 2 is 1.67 bits per heavy atom. The van der Waals surface area contributed by atoms with Crippen LogP contribution >= 0.6 is 0 Å². The van der Waals surface area contributed by atoms with Crippen LogP contribution in [0, 0.1) is 5.82 Å². The van der Waals surface area contributed by atoms with Crippen LogP contribution in [0.15, 0.2) is 85.3 Å². The molecule has 0 fully saturated rings. The van der Waals surface area contributed by atoms with Crippen LogP contribution in [0.1, 0.15) is 5.56 Å². The van der Waals surface area contributed by atoms with Crippen LogP contribution in [0.4, 0.5) is 4.39 Å². The molecule has 1 N–H and O–H groups in total. The van der Waals surface area contributed by atoms with Gasteiger partial charge in [-0.05, 0) is 47.5 Å². The minimum Gasteiger partial charge on any atom is -0.374 e. The van der Waals surface area contributed by atoms with Crippen molar-refractivity contribution in [2.24, 2.45) is 0 Å². The van der Waals surface area contributed by atoms with Crippen LogP contribution in [0.2, 0.25) is 0 Å². The number of benzene rings is 3. The van der Waals surface area contributed by atoms with Gasteiger partial charge in [-0.2, -0.15) is 5.10 Å². The fourth-order valence-electron chi connectivity index (χ4n) is 3.71. The summed E-state index contributed by atoms with van der Waals surface area (Å²) < 4.78 is 26.8. The summed E-state index contributed by atoms with van der Waals surface area (Å²) in [5.41, 5.74) is 6.63. The van der Waals surface area contributed by atoms with Gasteiger partial charge >= 0.3 is 0 Å². The third-order valence-corrected chi connectivity index (χ3v) is 5.42. The third-order valence-electron chi connectivity index (χ3n) is 5.42. The van der Waals surface area contributed by atoms with E-state index >= 15 is 0 Å². The molecule has 0 spiro atoms. The molecule has 3 aromatic carbocycles. The van der Waals surface area contributed by atoms with Crippen LogP contribution in [-0.2, 0) is 22.8 Å². The Morgan fingerprint density at radius 3 is 2.52 bits per heavy atom. The number of rotatable bonds is 9. The molecule has 0 aliphatic heterocycles. The summed E-state index contributed by atoms with van der Waals surface area (Å²) in [5.74, 6) is -0.268. The lowest BCUT2D eigenvalue weighted by Gasteiger charge is -2.09. The van der Waals surface area contributed by atoms with E-state index in [-0.39, 0.29) is 5.82 Å².